The van der Waals surface area contributed by atoms with Gasteiger partial charge in [-0.25, -0.2) is 0 Å². The van der Waals surface area contributed by atoms with E-state index < -0.39 is 28.9 Å². The second-order valence-corrected chi connectivity index (χ2v) is 8.09. The van der Waals surface area contributed by atoms with Crippen LogP contribution in [0.3, 0.4) is 0 Å². The molecule has 0 aromatic rings. The topological polar surface area (TPSA) is 107 Å². The Hall–Kier alpha value is -1.69. The molecular weight excluding hydrogens is 294 g/mol. The highest BCUT2D eigenvalue weighted by atomic mass is 16.3. The number of primary amides is 1. The number of nitrogens with one attached hydrogen (secondary N) is 1. The van der Waals surface area contributed by atoms with Crippen LogP contribution in [0.2, 0.25) is 0 Å². The number of hydrogen-bond acceptors (Lipinski definition) is 4. The molecule has 6 heteroatoms. The standard InChI is InChI=1S/C17H23N3O3/c18-13(15(22)20-3-1-2-12(20)14(19)21)16-5-10-4-11(6-16)8-17(23,7-10)9-16/h1,3,10-12,18,23H,2,4-9H2,(H2,19,21). The van der Waals surface area contributed by atoms with Crippen LogP contribution in [-0.2, 0) is 9.59 Å². The minimum Gasteiger partial charge on any atom is -0.390 e. The fourth-order valence-corrected chi connectivity index (χ4v) is 5.85. The van der Waals surface area contributed by atoms with Crippen molar-refractivity contribution in [3.05, 3.63) is 12.3 Å². The van der Waals surface area contributed by atoms with Crippen molar-refractivity contribution < 1.29 is 14.7 Å². The van der Waals surface area contributed by atoms with E-state index in [1.54, 1.807) is 12.3 Å². The lowest BCUT2D eigenvalue weighted by Gasteiger charge is -2.60. The molecule has 0 aromatic carbocycles. The summed E-state index contributed by atoms with van der Waals surface area (Å²) < 4.78 is 0. The summed E-state index contributed by atoms with van der Waals surface area (Å²) in [5.74, 6) is -0.140. The molecule has 4 saturated carbocycles. The molecule has 4 fully saturated rings. The Morgan fingerprint density at radius 2 is 1.87 bits per heavy atom. The van der Waals surface area contributed by atoms with E-state index in [1.165, 1.54) is 4.90 Å². The second kappa shape index (κ2) is 4.66. The number of hydrogen-bond donors (Lipinski definition) is 3. The number of aliphatic hydroxyl groups is 1. The number of carbonyl (C=O) groups is 2. The number of carbonyl (C=O) groups excluding carboxylic acids is 2. The molecule has 4 aliphatic carbocycles. The summed E-state index contributed by atoms with van der Waals surface area (Å²) in [6.07, 6.45) is 8.59. The van der Waals surface area contributed by atoms with Crippen molar-refractivity contribution in [2.45, 2.75) is 56.6 Å². The summed E-state index contributed by atoms with van der Waals surface area (Å²) in [6, 6.07) is -0.681. The highest BCUT2D eigenvalue weighted by Gasteiger charge is 2.60. The van der Waals surface area contributed by atoms with E-state index in [-0.39, 0.29) is 5.71 Å². The van der Waals surface area contributed by atoms with E-state index in [9.17, 15) is 14.7 Å². The third kappa shape index (κ3) is 2.15. The van der Waals surface area contributed by atoms with Crippen LogP contribution in [-0.4, -0.2) is 39.2 Å². The van der Waals surface area contributed by atoms with Crippen molar-refractivity contribution in [1.82, 2.24) is 4.90 Å². The van der Waals surface area contributed by atoms with Crippen LogP contribution in [0, 0.1) is 22.7 Å². The Balaban J connectivity index is 1.60. The Morgan fingerprint density at radius 1 is 1.22 bits per heavy atom. The molecule has 23 heavy (non-hydrogen) atoms. The summed E-state index contributed by atoms with van der Waals surface area (Å²) in [7, 11) is 0. The third-order valence-electron chi connectivity index (χ3n) is 6.30. The van der Waals surface area contributed by atoms with E-state index >= 15 is 0 Å². The Morgan fingerprint density at radius 3 is 2.43 bits per heavy atom. The molecule has 0 spiro atoms. The van der Waals surface area contributed by atoms with Crippen LogP contribution in [0.5, 0.6) is 0 Å². The first-order valence-corrected chi connectivity index (χ1v) is 8.42. The Kier molecular flexibility index (Phi) is 3.01. The van der Waals surface area contributed by atoms with E-state index in [0.717, 1.165) is 32.1 Å². The fraction of sp³-hybridized carbons (Fsp3) is 0.706. The summed E-state index contributed by atoms with van der Waals surface area (Å²) in [4.78, 5) is 25.7. The highest BCUT2D eigenvalue weighted by Crippen LogP contribution is 2.62. The number of nitrogens with two attached hydrogens (primary N) is 1. The SMILES string of the molecule is N=C(C(=O)N1C=CCC1C(N)=O)C12CC3CC(CC(O)(C3)C1)C2. The van der Waals surface area contributed by atoms with Gasteiger partial charge in [0, 0.05) is 11.6 Å². The van der Waals surface area contributed by atoms with Gasteiger partial charge < -0.3 is 15.7 Å². The van der Waals surface area contributed by atoms with Crippen LogP contribution in [0.15, 0.2) is 12.3 Å². The molecule has 1 heterocycles. The quantitative estimate of drug-likeness (QED) is 0.674. The van der Waals surface area contributed by atoms with Crippen molar-refractivity contribution in [2.75, 3.05) is 0 Å². The van der Waals surface area contributed by atoms with Crippen molar-refractivity contribution >= 4 is 17.5 Å². The molecule has 124 valence electrons. The van der Waals surface area contributed by atoms with Gasteiger partial charge in [0.2, 0.25) is 5.91 Å². The normalized spacial score (nSPS) is 43.9. The molecule has 2 amide bonds. The first-order valence-electron chi connectivity index (χ1n) is 8.42. The van der Waals surface area contributed by atoms with E-state index in [4.69, 9.17) is 11.1 Å². The smallest absolute Gasteiger partial charge is 0.272 e. The predicted molar refractivity (Wildman–Crippen MR) is 83.4 cm³/mol. The third-order valence-corrected chi connectivity index (χ3v) is 6.30. The molecule has 0 radical (unpaired) electrons. The molecular formula is C17H23N3O3. The van der Waals surface area contributed by atoms with Gasteiger partial charge in [-0.05, 0) is 56.8 Å². The van der Waals surface area contributed by atoms with Crippen LogP contribution >= 0.6 is 0 Å². The first kappa shape index (κ1) is 14.9. The lowest BCUT2D eigenvalue weighted by molar-refractivity contribution is -0.146. The molecule has 1 aliphatic heterocycles. The van der Waals surface area contributed by atoms with E-state index in [0.29, 0.717) is 24.7 Å². The number of nitrogens with zero attached hydrogens (tertiary/aromatic N) is 1. The van der Waals surface area contributed by atoms with Crippen LogP contribution < -0.4 is 5.73 Å². The lowest BCUT2D eigenvalue weighted by Crippen LogP contribution is -2.60. The molecule has 0 aromatic heterocycles. The molecule has 6 nitrogen and oxygen atoms in total. The van der Waals surface area contributed by atoms with Gasteiger partial charge in [0.1, 0.15) is 11.8 Å². The summed E-state index contributed by atoms with van der Waals surface area (Å²) in [5.41, 5.74) is 4.20. The minimum atomic E-state index is -0.708. The average molecular weight is 317 g/mol. The van der Waals surface area contributed by atoms with Gasteiger partial charge in [-0.1, -0.05) is 6.08 Å². The molecule has 5 aliphatic rings. The highest BCUT2D eigenvalue weighted by molar-refractivity contribution is 6.40. The molecule has 0 saturated heterocycles. The zero-order chi connectivity index (χ0) is 16.4. The van der Waals surface area contributed by atoms with Gasteiger partial charge in [-0.2, -0.15) is 0 Å². The summed E-state index contributed by atoms with van der Waals surface area (Å²) >= 11 is 0. The maximum Gasteiger partial charge on any atom is 0.272 e. The summed E-state index contributed by atoms with van der Waals surface area (Å²) in [6.45, 7) is 0. The zero-order valence-electron chi connectivity index (χ0n) is 13.1. The van der Waals surface area contributed by atoms with Crippen molar-refractivity contribution in [2.24, 2.45) is 23.0 Å². The Bertz CT molecular complexity index is 613. The van der Waals surface area contributed by atoms with Gasteiger partial charge in [-0.15, -0.1) is 0 Å². The predicted octanol–water partition coefficient (Wildman–Crippen LogP) is 0.937. The van der Waals surface area contributed by atoms with Crippen molar-refractivity contribution in [3.63, 3.8) is 0 Å². The minimum absolute atomic E-state index is 0.0582. The molecule has 5 rings (SSSR count). The van der Waals surface area contributed by atoms with Crippen LogP contribution in [0.1, 0.15) is 44.9 Å². The average Bonchev–Trinajstić information content (AvgIpc) is 2.92. The van der Waals surface area contributed by atoms with Crippen LogP contribution in [0.4, 0.5) is 0 Å². The van der Waals surface area contributed by atoms with E-state index in [2.05, 4.69) is 0 Å². The van der Waals surface area contributed by atoms with Gasteiger partial charge in [0.05, 0.1) is 5.60 Å². The first-order chi connectivity index (χ1) is 10.8. The largest absolute Gasteiger partial charge is 0.390 e. The maximum atomic E-state index is 12.8. The van der Waals surface area contributed by atoms with Crippen molar-refractivity contribution in [3.8, 4) is 0 Å². The van der Waals surface area contributed by atoms with Crippen LogP contribution in [0.25, 0.3) is 0 Å². The molecule has 4 N–H and O–H groups in total. The second-order valence-electron chi connectivity index (χ2n) is 8.09. The summed E-state index contributed by atoms with van der Waals surface area (Å²) in [5, 5.41) is 19.4. The van der Waals surface area contributed by atoms with Gasteiger partial charge >= 0.3 is 0 Å². The van der Waals surface area contributed by atoms with Crippen molar-refractivity contribution in [1.29, 1.82) is 5.41 Å². The molecule has 3 atom stereocenters. The monoisotopic (exact) mass is 317 g/mol. The zero-order valence-corrected chi connectivity index (χ0v) is 13.1. The van der Waals surface area contributed by atoms with Gasteiger partial charge in [0.25, 0.3) is 5.91 Å². The van der Waals surface area contributed by atoms with E-state index in [1.807, 2.05) is 0 Å². The lowest BCUT2D eigenvalue weighted by atomic mass is 9.46. The molecule has 3 unspecified atom stereocenters. The maximum absolute atomic E-state index is 12.8. The fourth-order valence-electron chi connectivity index (χ4n) is 5.85. The number of rotatable bonds is 3. The number of amides is 2. The Labute approximate surface area is 135 Å². The van der Waals surface area contributed by atoms with Gasteiger partial charge in [0.15, 0.2) is 0 Å². The van der Waals surface area contributed by atoms with Gasteiger partial charge in [-0.3, -0.25) is 15.0 Å². The molecule has 4 bridgehead atoms.